The molecular weight excluding hydrogens is 252 g/mol. The maximum atomic E-state index is 12.0. The smallest absolute Gasteiger partial charge is 0.268 e. The molecule has 5 nitrogen and oxygen atoms in total. The molecule has 1 unspecified atom stereocenters. The van der Waals surface area contributed by atoms with E-state index in [1.165, 1.54) is 10.2 Å². The summed E-state index contributed by atoms with van der Waals surface area (Å²) in [6.07, 6.45) is 1.67. The van der Waals surface area contributed by atoms with E-state index < -0.39 is 0 Å². The van der Waals surface area contributed by atoms with Crippen LogP contribution < -0.4 is 16.2 Å². The first-order valence-corrected chi connectivity index (χ1v) is 6.54. The monoisotopic (exact) mass is 272 g/mol. The Balaban J connectivity index is 2.17. The predicted octanol–water partition coefficient (Wildman–Crippen LogP) is 1.32. The van der Waals surface area contributed by atoms with Gasteiger partial charge in [0.05, 0.1) is 18.4 Å². The van der Waals surface area contributed by atoms with Crippen molar-refractivity contribution in [1.82, 2.24) is 9.78 Å². The predicted molar refractivity (Wildman–Crippen MR) is 80.9 cm³/mol. The molecule has 0 bridgehead atoms. The summed E-state index contributed by atoms with van der Waals surface area (Å²) in [7, 11) is 3.75. The lowest BCUT2D eigenvalue weighted by molar-refractivity contribution is 0.504. The Hall–Kier alpha value is -2.14. The standard InChI is InChI=1S/C15H20N4O/c1-11-4-6-12(7-5-11)14(16)10-19-15(20)8-13(9-17-19)18(2)3/h4-9,14H,10,16H2,1-3H3. The van der Waals surface area contributed by atoms with Gasteiger partial charge in [0.1, 0.15) is 0 Å². The first kappa shape index (κ1) is 14.3. The van der Waals surface area contributed by atoms with Crippen molar-refractivity contribution in [2.45, 2.75) is 19.5 Å². The Morgan fingerprint density at radius 3 is 2.50 bits per heavy atom. The molecule has 1 heterocycles. The fraction of sp³-hybridized carbons (Fsp3) is 0.333. The molecule has 5 heteroatoms. The number of hydrogen-bond acceptors (Lipinski definition) is 4. The van der Waals surface area contributed by atoms with Gasteiger partial charge in [0.15, 0.2) is 0 Å². The summed E-state index contributed by atoms with van der Waals surface area (Å²) < 4.78 is 1.40. The van der Waals surface area contributed by atoms with E-state index in [-0.39, 0.29) is 11.6 Å². The topological polar surface area (TPSA) is 64.2 Å². The Morgan fingerprint density at radius 1 is 1.30 bits per heavy atom. The third-order valence-electron chi connectivity index (χ3n) is 3.25. The van der Waals surface area contributed by atoms with Crippen LogP contribution >= 0.6 is 0 Å². The molecule has 1 atom stereocenters. The number of anilines is 1. The van der Waals surface area contributed by atoms with Crippen LogP contribution in [0.3, 0.4) is 0 Å². The number of aromatic nitrogens is 2. The SMILES string of the molecule is Cc1ccc(C(N)Cn2ncc(N(C)C)cc2=O)cc1. The molecule has 106 valence electrons. The van der Waals surface area contributed by atoms with E-state index in [2.05, 4.69) is 5.10 Å². The van der Waals surface area contributed by atoms with Gasteiger partial charge in [-0.15, -0.1) is 0 Å². The Kier molecular flexibility index (Phi) is 4.20. The second-order valence-electron chi connectivity index (χ2n) is 5.15. The van der Waals surface area contributed by atoms with Crippen LogP contribution in [0.2, 0.25) is 0 Å². The van der Waals surface area contributed by atoms with E-state index in [0.717, 1.165) is 11.3 Å². The molecule has 2 rings (SSSR count). The highest BCUT2D eigenvalue weighted by Crippen LogP contribution is 2.13. The molecule has 0 fully saturated rings. The maximum absolute atomic E-state index is 12.0. The second kappa shape index (κ2) is 5.88. The molecule has 0 aliphatic rings. The molecule has 2 N–H and O–H groups in total. The molecule has 0 saturated carbocycles. The highest BCUT2D eigenvalue weighted by molar-refractivity contribution is 5.40. The molecule has 1 aromatic carbocycles. The minimum absolute atomic E-state index is 0.140. The lowest BCUT2D eigenvalue weighted by atomic mass is 10.1. The van der Waals surface area contributed by atoms with Gasteiger partial charge in [-0.25, -0.2) is 4.68 Å². The van der Waals surface area contributed by atoms with Gasteiger partial charge in [0.25, 0.3) is 5.56 Å². The van der Waals surface area contributed by atoms with Crippen molar-refractivity contribution in [1.29, 1.82) is 0 Å². The van der Waals surface area contributed by atoms with E-state index >= 15 is 0 Å². The first-order chi connectivity index (χ1) is 9.47. The van der Waals surface area contributed by atoms with E-state index in [1.807, 2.05) is 50.2 Å². The van der Waals surface area contributed by atoms with Crippen LogP contribution in [0.25, 0.3) is 0 Å². The molecule has 0 amide bonds. The fourth-order valence-electron chi connectivity index (χ4n) is 1.91. The average Bonchev–Trinajstić information content (AvgIpc) is 2.41. The summed E-state index contributed by atoms with van der Waals surface area (Å²) in [5, 5.41) is 4.17. The zero-order valence-electron chi connectivity index (χ0n) is 12.1. The maximum Gasteiger partial charge on any atom is 0.268 e. The molecule has 1 aromatic heterocycles. The number of nitrogens with zero attached hydrogens (tertiary/aromatic N) is 3. The van der Waals surface area contributed by atoms with Gasteiger partial charge in [-0.05, 0) is 12.5 Å². The average molecular weight is 272 g/mol. The Labute approximate surface area is 118 Å². The normalized spacial score (nSPS) is 12.2. The van der Waals surface area contributed by atoms with Crippen molar-refractivity contribution in [3.8, 4) is 0 Å². The molecule has 0 spiro atoms. The number of benzene rings is 1. The third-order valence-corrected chi connectivity index (χ3v) is 3.25. The summed E-state index contributed by atoms with van der Waals surface area (Å²) >= 11 is 0. The largest absolute Gasteiger partial charge is 0.376 e. The molecule has 0 radical (unpaired) electrons. The van der Waals surface area contributed by atoms with Gasteiger partial charge in [0.2, 0.25) is 0 Å². The summed E-state index contributed by atoms with van der Waals surface area (Å²) in [6, 6.07) is 9.32. The van der Waals surface area contributed by atoms with Gasteiger partial charge in [0, 0.05) is 26.2 Å². The summed E-state index contributed by atoms with van der Waals surface area (Å²) in [5.74, 6) is 0. The van der Waals surface area contributed by atoms with Crippen molar-refractivity contribution in [3.63, 3.8) is 0 Å². The highest BCUT2D eigenvalue weighted by atomic mass is 16.1. The van der Waals surface area contributed by atoms with Crippen LogP contribution in [0.4, 0.5) is 5.69 Å². The van der Waals surface area contributed by atoms with Crippen LogP contribution in [0.5, 0.6) is 0 Å². The number of aryl methyl sites for hydroxylation is 1. The van der Waals surface area contributed by atoms with Crippen molar-refractivity contribution >= 4 is 5.69 Å². The number of nitrogens with two attached hydrogens (primary N) is 1. The van der Waals surface area contributed by atoms with Crippen LogP contribution in [-0.4, -0.2) is 23.9 Å². The zero-order valence-corrected chi connectivity index (χ0v) is 12.1. The van der Waals surface area contributed by atoms with Gasteiger partial charge in [-0.1, -0.05) is 29.8 Å². The summed E-state index contributed by atoms with van der Waals surface area (Å²) in [5.41, 5.74) is 8.97. The molecule has 0 aliphatic carbocycles. The Bertz CT molecular complexity index is 631. The minimum atomic E-state index is -0.244. The number of hydrogen-bond donors (Lipinski definition) is 1. The molecular formula is C15H20N4O. The van der Waals surface area contributed by atoms with Crippen molar-refractivity contribution < 1.29 is 0 Å². The van der Waals surface area contributed by atoms with Gasteiger partial charge in [-0.2, -0.15) is 5.10 Å². The lowest BCUT2D eigenvalue weighted by Gasteiger charge is -2.15. The number of rotatable bonds is 4. The minimum Gasteiger partial charge on any atom is -0.376 e. The van der Waals surface area contributed by atoms with E-state index in [1.54, 1.807) is 12.3 Å². The van der Waals surface area contributed by atoms with Gasteiger partial charge in [-0.3, -0.25) is 4.79 Å². The summed E-state index contributed by atoms with van der Waals surface area (Å²) in [6.45, 7) is 2.40. The van der Waals surface area contributed by atoms with E-state index in [0.29, 0.717) is 6.54 Å². The van der Waals surface area contributed by atoms with Crippen LogP contribution in [0.15, 0.2) is 41.3 Å². The zero-order chi connectivity index (χ0) is 14.7. The van der Waals surface area contributed by atoms with Crippen LogP contribution in [0.1, 0.15) is 17.2 Å². The molecule has 2 aromatic rings. The van der Waals surface area contributed by atoms with Crippen molar-refractivity contribution in [2.24, 2.45) is 5.73 Å². The van der Waals surface area contributed by atoms with Gasteiger partial charge < -0.3 is 10.6 Å². The quantitative estimate of drug-likeness (QED) is 0.911. The van der Waals surface area contributed by atoms with E-state index in [9.17, 15) is 4.79 Å². The van der Waals surface area contributed by atoms with Gasteiger partial charge >= 0.3 is 0 Å². The molecule has 20 heavy (non-hydrogen) atoms. The lowest BCUT2D eigenvalue weighted by Crippen LogP contribution is -2.29. The second-order valence-corrected chi connectivity index (χ2v) is 5.15. The van der Waals surface area contributed by atoms with Crippen LogP contribution in [-0.2, 0) is 6.54 Å². The summed E-state index contributed by atoms with van der Waals surface area (Å²) in [4.78, 5) is 13.8. The molecule has 0 saturated heterocycles. The fourth-order valence-corrected chi connectivity index (χ4v) is 1.91. The van der Waals surface area contributed by atoms with Crippen molar-refractivity contribution in [2.75, 3.05) is 19.0 Å². The Morgan fingerprint density at radius 2 is 1.95 bits per heavy atom. The first-order valence-electron chi connectivity index (χ1n) is 6.54. The van der Waals surface area contributed by atoms with Crippen LogP contribution in [0, 0.1) is 6.92 Å². The van der Waals surface area contributed by atoms with Crippen molar-refractivity contribution in [3.05, 3.63) is 58.0 Å². The van der Waals surface area contributed by atoms with E-state index in [4.69, 9.17) is 5.73 Å². The molecule has 0 aliphatic heterocycles. The third kappa shape index (κ3) is 3.24. The highest BCUT2D eigenvalue weighted by Gasteiger charge is 2.09.